The molecule has 6 nitrogen and oxygen atoms in total. The molecule has 2 aliphatic heterocycles. The molecule has 1 unspecified atom stereocenters. The number of fused-ring (bicyclic) bond motifs is 3. The van der Waals surface area contributed by atoms with Gasteiger partial charge in [-0.3, -0.25) is 4.79 Å². The largest absolute Gasteiger partial charge is 0.477 e. The molecule has 0 saturated carbocycles. The Balaban J connectivity index is 1.93. The van der Waals surface area contributed by atoms with Crippen LogP contribution in [-0.2, 0) is 0 Å². The van der Waals surface area contributed by atoms with Crippen molar-refractivity contribution in [3.63, 3.8) is 0 Å². The highest BCUT2D eigenvalue weighted by Crippen LogP contribution is 2.47. The van der Waals surface area contributed by atoms with E-state index in [2.05, 4.69) is 0 Å². The van der Waals surface area contributed by atoms with Gasteiger partial charge >= 0.3 is 5.97 Å². The average Bonchev–Trinajstić information content (AvgIpc) is 2.50. The van der Waals surface area contributed by atoms with E-state index in [-0.39, 0.29) is 10.4 Å². The van der Waals surface area contributed by atoms with Crippen molar-refractivity contribution in [2.24, 2.45) is 11.7 Å². The lowest BCUT2D eigenvalue weighted by Gasteiger charge is -2.41. The molecule has 132 valence electrons. The summed E-state index contributed by atoms with van der Waals surface area (Å²) < 4.78 is 29.2. The predicted octanol–water partition coefficient (Wildman–Crippen LogP) is 1.81. The van der Waals surface area contributed by atoms with Crippen LogP contribution < -0.4 is 16.1 Å². The third-order valence-electron chi connectivity index (χ3n) is 4.74. The number of carboxylic acids is 1. The summed E-state index contributed by atoms with van der Waals surface area (Å²) in [5.41, 5.74) is 5.10. The second kappa shape index (κ2) is 5.70. The molecule has 0 aliphatic carbocycles. The Morgan fingerprint density at radius 1 is 1.40 bits per heavy atom. The molecule has 2 aliphatic rings. The number of hydrogen-bond acceptors (Lipinski definition) is 5. The van der Waals surface area contributed by atoms with Gasteiger partial charge in [-0.2, -0.15) is 0 Å². The SMILES string of the molecule is NCC1CN(c2cc3c(cc2F)c(=O)c(C(=O)O)c2n3C(CF)S2)C1. The third-order valence-corrected chi connectivity index (χ3v) is 5.97. The Morgan fingerprint density at radius 2 is 2.12 bits per heavy atom. The summed E-state index contributed by atoms with van der Waals surface area (Å²) in [5, 5.41) is 8.87. The van der Waals surface area contributed by atoms with E-state index in [4.69, 9.17) is 5.73 Å². The van der Waals surface area contributed by atoms with Crippen molar-refractivity contribution in [3.05, 3.63) is 33.7 Å². The lowest BCUT2D eigenvalue weighted by Crippen LogP contribution is -2.50. The van der Waals surface area contributed by atoms with Gasteiger partial charge in [-0.05, 0) is 18.7 Å². The molecule has 1 fully saturated rings. The molecule has 9 heteroatoms. The van der Waals surface area contributed by atoms with E-state index in [0.29, 0.717) is 36.8 Å². The molecule has 1 atom stereocenters. The van der Waals surface area contributed by atoms with Gasteiger partial charge in [-0.15, -0.1) is 0 Å². The lowest BCUT2D eigenvalue weighted by molar-refractivity contribution is 0.0689. The van der Waals surface area contributed by atoms with Crippen LogP contribution >= 0.6 is 11.8 Å². The van der Waals surface area contributed by atoms with Crippen LogP contribution in [0.1, 0.15) is 15.7 Å². The summed E-state index contributed by atoms with van der Waals surface area (Å²) in [4.78, 5) is 25.7. The highest BCUT2D eigenvalue weighted by Gasteiger charge is 2.36. The number of hydrogen-bond donors (Lipinski definition) is 2. The second-order valence-corrected chi connectivity index (χ2v) is 7.41. The standard InChI is InChI=1S/C16H15F2N3O3S/c17-3-12-21-10-2-11(20-5-7(4-19)6-20)9(18)1-8(10)14(22)13(16(23)24)15(21)25-12/h1-2,7,12H,3-6,19H2,(H,23,24). The lowest BCUT2D eigenvalue weighted by atomic mass is 9.98. The molecule has 1 aromatic heterocycles. The van der Waals surface area contributed by atoms with Crippen LogP contribution in [0.5, 0.6) is 0 Å². The Morgan fingerprint density at radius 3 is 2.72 bits per heavy atom. The number of carboxylic acid groups (broad SMARTS) is 1. The van der Waals surface area contributed by atoms with Crippen molar-refractivity contribution < 1.29 is 18.7 Å². The number of pyridine rings is 1. The van der Waals surface area contributed by atoms with Crippen molar-refractivity contribution in [3.8, 4) is 0 Å². The first kappa shape index (κ1) is 16.3. The van der Waals surface area contributed by atoms with Crippen molar-refractivity contribution in [1.29, 1.82) is 0 Å². The van der Waals surface area contributed by atoms with E-state index in [9.17, 15) is 23.5 Å². The zero-order valence-electron chi connectivity index (χ0n) is 13.0. The maximum Gasteiger partial charge on any atom is 0.342 e. The fraction of sp³-hybridized carbons (Fsp3) is 0.375. The van der Waals surface area contributed by atoms with Crippen molar-refractivity contribution in [2.75, 3.05) is 31.2 Å². The van der Waals surface area contributed by atoms with E-state index in [1.807, 2.05) is 4.90 Å². The van der Waals surface area contributed by atoms with Crippen LogP contribution in [0.15, 0.2) is 22.0 Å². The average molecular weight is 367 g/mol. The number of aromatic carboxylic acids is 1. The number of carbonyl (C=O) groups is 1. The topological polar surface area (TPSA) is 88.6 Å². The van der Waals surface area contributed by atoms with Crippen LogP contribution in [0, 0.1) is 11.7 Å². The Bertz CT molecular complexity index is 956. The van der Waals surface area contributed by atoms with Crippen molar-refractivity contribution >= 4 is 34.3 Å². The molecule has 2 aromatic rings. The molecule has 25 heavy (non-hydrogen) atoms. The summed E-state index contributed by atoms with van der Waals surface area (Å²) in [7, 11) is 0. The Hall–Kier alpha value is -2.13. The fourth-order valence-corrected chi connectivity index (χ4v) is 4.50. The van der Waals surface area contributed by atoms with Gasteiger partial charge in [-0.1, -0.05) is 11.8 Å². The minimum absolute atomic E-state index is 0.0444. The number of benzene rings is 1. The van der Waals surface area contributed by atoms with Gasteiger partial charge in [-0.25, -0.2) is 13.6 Å². The first-order chi connectivity index (χ1) is 12.0. The van der Waals surface area contributed by atoms with Crippen molar-refractivity contribution in [2.45, 2.75) is 10.4 Å². The summed E-state index contributed by atoms with van der Waals surface area (Å²) >= 11 is 1.01. The van der Waals surface area contributed by atoms with Gasteiger partial charge in [0.25, 0.3) is 0 Å². The number of nitrogens with two attached hydrogens (primary N) is 1. The zero-order chi connectivity index (χ0) is 17.9. The first-order valence-electron chi connectivity index (χ1n) is 7.79. The quantitative estimate of drug-likeness (QED) is 0.857. The van der Waals surface area contributed by atoms with Gasteiger partial charge in [0.05, 0.1) is 16.2 Å². The molecule has 0 amide bonds. The monoisotopic (exact) mass is 367 g/mol. The smallest absolute Gasteiger partial charge is 0.342 e. The summed E-state index contributed by atoms with van der Waals surface area (Å²) in [5.74, 6) is -1.69. The molecule has 0 spiro atoms. The molecule has 0 bridgehead atoms. The zero-order valence-corrected chi connectivity index (χ0v) is 13.9. The summed E-state index contributed by atoms with van der Waals surface area (Å²) in [6.07, 6.45) is 0. The molecule has 3 heterocycles. The summed E-state index contributed by atoms with van der Waals surface area (Å²) in [6.45, 7) is 1.04. The first-order valence-corrected chi connectivity index (χ1v) is 8.66. The van der Waals surface area contributed by atoms with Gasteiger partial charge in [0.2, 0.25) is 5.43 Å². The van der Waals surface area contributed by atoms with Crippen LogP contribution in [-0.4, -0.2) is 42.0 Å². The van der Waals surface area contributed by atoms with E-state index in [1.165, 1.54) is 10.6 Å². The van der Waals surface area contributed by atoms with Crippen LogP contribution in [0.2, 0.25) is 0 Å². The van der Waals surface area contributed by atoms with Gasteiger partial charge in [0.15, 0.2) is 0 Å². The number of aromatic nitrogens is 1. The maximum atomic E-state index is 14.5. The van der Waals surface area contributed by atoms with E-state index >= 15 is 0 Å². The second-order valence-electron chi connectivity index (χ2n) is 6.24. The number of thioether (sulfide) groups is 1. The molecular formula is C16H15F2N3O3S. The van der Waals surface area contributed by atoms with E-state index < -0.39 is 34.8 Å². The molecule has 1 saturated heterocycles. The fourth-order valence-electron chi connectivity index (χ4n) is 3.37. The van der Waals surface area contributed by atoms with Crippen LogP contribution in [0.4, 0.5) is 14.5 Å². The number of rotatable bonds is 4. The Labute approximate surface area is 145 Å². The molecule has 1 aromatic carbocycles. The number of nitrogens with zero attached hydrogens (tertiary/aromatic N) is 2. The number of halogens is 2. The minimum atomic E-state index is -1.39. The molecular weight excluding hydrogens is 352 g/mol. The number of anilines is 1. The highest BCUT2D eigenvalue weighted by molar-refractivity contribution is 8.00. The third kappa shape index (κ3) is 2.26. The van der Waals surface area contributed by atoms with Crippen molar-refractivity contribution in [1.82, 2.24) is 4.57 Å². The maximum absolute atomic E-state index is 14.5. The molecule has 0 radical (unpaired) electrons. The highest BCUT2D eigenvalue weighted by atomic mass is 32.2. The minimum Gasteiger partial charge on any atom is -0.477 e. The van der Waals surface area contributed by atoms with E-state index in [0.717, 1.165) is 17.8 Å². The normalized spacial score (nSPS) is 19.5. The number of alkyl halides is 1. The van der Waals surface area contributed by atoms with Crippen LogP contribution in [0.25, 0.3) is 10.9 Å². The van der Waals surface area contributed by atoms with Crippen LogP contribution in [0.3, 0.4) is 0 Å². The van der Waals surface area contributed by atoms with Gasteiger partial charge in [0, 0.05) is 24.4 Å². The molecule has 4 rings (SSSR count). The summed E-state index contributed by atoms with van der Waals surface area (Å²) in [6, 6.07) is 2.57. The van der Waals surface area contributed by atoms with Gasteiger partial charge in [0.1, 0.15) is 23.4 Å². The Kier molecular flexibility index (Phi) is 3.73. The predicted molar refractivity (Wildman–Crippen MR) is 90.8 cm³/mol. The molecule has 3 N–H and O–H groups in total. The van der Waals surface area contributed by atoms with E-state index in [1.54, 1.807) is 0 Å². The van der Waals surface area contributed by atoms with Gasteiger partial charge < -0.3 is 20.3 Å².